The SMILES string of the molecule is O=C(Nc1nc2cccc(-c3ccc[nH]3)n2n1)c1cccnc1. The monoisotopic (exact) mass is 304 g/mol. The number of carbonyl (C=O) groups excluding carboxylic acids is 1. The van der Waals surface area contributed by atoms with Crippen LogP contribution in [-0.4, -0.2) is 30.5 Å². The quantitative estimate of drug-likeness (QED) is 0.608. The maximum absolute atomic E-state index is 12.2. The second kappa shape index (κ2) is 5.38. The Balaban J connectivity index is 1.70. The zero-order chi connectivity index (χ0) is 15.6. The molecule has 4 rings (SSSR count). The first-order valence-electron chi connectivity index (χ1n) is 7.02. The number of amides is 1. The highest BCUT2D eigenvalue weighted by atomic mass is 16.1. The molecule has 0 saturated heterocycles. The van der Waals surface area contributed by atoms with Gasteiger partial charge in [-0.25, -0.2) is 4.52 Å². The molecule has 0 aliphatic rings. The number of aromatic nitrogens is 5. The Morgan fingerprint density at radius 1 is 1.13 bits per heavy atom. The summed E-state index contributed by atoms with van der Waals surface area (Å²) < 4.78 is 1.69. The first kappa shape index (κ1) is 13.2. The highest BCUT2D eigenvalue weighted by Gasteiger charge is 2.12. The van der Waals surface area contributed by atoms with Crippen molar-refractivity contribution in [3.05, 3.63) is 66.6 Å². The van der Waals surface area contributed by atoms with Crippen molar-refractivity contribution in [2.45, 2.75) is 0 Å². The van der Waals surface area contributed by atoms with E-state index in [1.807, 2.05) is 36.5 Å². The third-order valence-electron chi connectivity index (χ3n) is 3.38. The summed E-state index contributed by atoms with van der Waals surface area (Å²) in [6, 6.07) is 12.9. The van der Waals surface area contributed by atoms with Crippen LogP contribution in [0.5, 0.6) is 0 Å². The van der Waals surface area contributed by atoms with Crippen molar-refractivity contribution in [1.29, 1.82) is 0 Å². The number of hydrogen-bond donors (Lipinski definition) is 2. The first-order valence-corrected chi connectivity index (χ1v) is 7.02. The van der Waals surface area contributed by atoms with E-state index in [0.717, 1.165) is 11.4 Å². The lowest BCUT2D eigenvalue weighted by molar-refractivity contribution is 0.102. The summed E-state index contributed by atoms with van der Waals surface area (Å²) in [5, 5.41) is 7.06. The van der Waals surface area contributed by atoms with Gasteiger partial charge in [-0.05, 0) is 36.4 Å². The topological polar surface area (TPSA) is 88.0 Å². The minimum Gasteiger partial charge on any atom is -0.360 e. The first-order chi connectivity index (χ1) is 11.3. The molecule has 1 amide bonds. The van der Waals surface area contributed by atoms with Crippen LogP contribution >= 0.6 is 0 Å². The van der Waals surface area contributed by atoms with Gasteiger partial charge < -0.3 is 4.98 Å². The molecule has 0 aliphatic carbocycles. The highest BCUT2D eigenvalue weighted by molar-refractivity contribution is 6.03. The van der Waals surface area contributed by atoms with Crippen LogP contribution in [0.1, 0.15) is 10.4 Å². The zero-order valence-corrected chi connectivity index (χ0v) is 12.0. The minimum absolute atomic E-state index is 0.248. The predicted molar refractivity (Wildman–Crippen MR) is 85.0 cm³/mol. The summed E-state index contributed by atoms with van der Waals surface area (Å²) in [6.45, 7) is 0. The summed E-state index contributed by atoms with van der Waals surface area (Å²) in [5.74, 6) is -0.0479. The molecule has 0 unspecified atom stereocenters. The molecule has 4 aromatic rings. The fourth-order valence-electron chi connectivity index (χ4n) is 2.32. The van der Waals surface area contributed by atoms with E-state index < -0.39 is 0 Å². The number of H-pyrrole nitrogens is 1. The second-order valence-corrected chi connectivity index (χ2v) is 4.90. The number of rotatable bonds is 3. The maximum atomic E-state index is 12.2. The Kier molecular flexibility index (Phi) is 3.09. The number of pyridine rings is 2. The van der Waals surface area contributed by atoms with E-state index in [-0.39, 0.29) is 11.9 Å². The third kappa shape index (κ3) is 2.44. The van der Waals surface area contributed by atoms with E-state index in [2.05, 4.69) is 25.4 Å². The van der Waals surface area contributed by atoms with Crippen LogP contribution in [0, 0.1) is 0 Å². The molecule has 0 bridgehead atoms. The van der Waals surface area contributed by atoms with E-state index in [0.29, 0.717) is 11.2 Å². The largest absolute Gasteiger partial charge is 0.360 e. The molecule has 0 aromatic carbocycles. The van der Waals surface area contributed by atoms with Crippen LogP contribution in [-0.2, 0) is 0 Å². The van der Waals surface area contributed by atoms with Gasteiger partial charge in [0.25, 0.3) is 5.91 Å². The summed E-state index contributed by atoms with van der Waals surface area (Å²) in [5.41, 5.74) is 2.89. The van der Waals surface area contributed by atoms with Gasteiger partial charge in [0, 0.05) is 18.6 Å². The van der Waals surface area contributed by atoms with Gasteiger partial charge in [0.05, 0.1) is 17.0 Å². The number of carbonyl (C=O) groups is 1. The summed E-state index contributed by atoms with van der Waals surface area (Å²) >= 11 is 0. The molecule has 2 N–H and O–H groups in total. The van der Waals surface area contributed by atoms with Crippen molar-refractivity contribution in [2.24, 2.45) is 0 Å². The van der Waals surface area contributed by atoms with Gasteiger partial charge >= 0.3 is 0 Å². The van der Waals surface area contributed by atoms with Gasteiger partial charge in [-0.3, -0.25) is 15.1 Å². The molecule has 0 fully saturated rings. The number of anilines is 1. The van der Waals surface area contributed by atoms with Crippen LogP contribution in [0.15, 0.2) is 61.1 Å². The third-order valence-corrected chi connectivity index (χ3v) is 3.38. The van der Waals surface area contributed by atoms with E-state index >= 15 is 0 Å². The van der Waals surface area contributed by atoms with Gasteiger partial charge in [-0.2, -0.15) is 4.98 Å². The van der Waals surface area contributed by atoms with Crippen molar-refractivity contribution in [2.75, 3.05) is 5.32 Å². The normalized spacial score (nSPS) is 10.8. The van der Waals surface area contributed by atoms with Crippen LogP contribution in [0.4, 0.5) is 5.95 Å². The lowest BCUT2D eigenvalue weighted by Gasteiger charge is -2.01. The van der Waals surface area contributed by atoms with Crippen molar-refractivity contribution in [3.63, 3.8) is 0 Å². The molecular weight excluding hydrogens is 292 g/mol. The summed E-state index contributed by atoms with van der Waals surface area (Å²) in [7, 11) is 0. The Morgan fingerprint density at radius 3 is 2.87 bits per heavy atom. The van der Waals surface area contributed by atoms with Crippen LogP contribution < -0.4 is 5.32 Å². The zero-order valence-electron chi connectivity index (χ0n) is 12.0. The Morgan fingerprint density at radius 2 is 2.09 bits per heavy atom. The van der Waals surface area contributed by atoms with Gasteiger partial charge in [-0.1, -0.05) is 6.07 Å². The van der Waals surface area contributed by atoms with Crippen molar-refractivity contribution in [1.82, 2.24) is 24.6 Å². The van der Waals surface area contributed by atoms with Gasteiger partial charge in [-0.15, -0.1) is 5.10 Å². The molecule has 0 atom stereocenters. The van der Waals surface area contributed by atoms with Gasteiger partial charge in [0.1, 0.15) is 0 Å². The molecular formula is C16H12N6O. The van der Waals surface area contributed by atoms with Crippen molar-refractivity contribution < 1.29 is 4.79 Å². The van der Waals surface area contributed by atoms with Crippen molar-refractivity contribution in [3.8, 4) is 11.4 Å². The van der Waals surface area contributed by atoms with E-state index in [4.69, 9.17) is 0 Å². The highest BCUT2D eigenvalue weighted by Crippen LogP contribution is 2.19. The van der Waals surface area contributed by atoms with Crippen molar-refractivity contribution >= 4 is 17.5 Å². The molecule has 23 heavy (non-hydrogen) atoms. The Bertz CT molecular complexity index is 959. The number of nitrogens with one attached hydrogen (secondary N) is 2. The van der Waals surface area contributed by atoms with E-state index in [1.165, 1.54) is 6.20 Å². The fourth-order valence-corrected chi connectivity index (χ4v) is 2.32. The molecule has 7 nitrogen and oxygen atoms in total. The van der Waals surface area contributed by atoms with Crippen LogP contribution in [0.2, 0.25) is 0 Å². The molecule has 0 spiro atoms. The second-order valence-electron chi connectivity index (χ2n) is 4.90. The lowest BCUT2D eigenvalue weighted by Crippen LogP contribution is -2.13. The number of fused-ring (bicyclic) bond motifs is 1. The fraction of sp³-hybridized carbons (Fsp3) is 0. The summed E-state index contributed by atoms with van der Waals surface area (Å²) in [4.78, 5) is 23.6. The van der Waals surface area contributed by atoms with Gasteiger partial charge in [0.2, 0.25) is 5.95 Å². The smallest absolute Gasteiger partial charge is 0.259 e. The van der Waals surface area contributed by atoms with Crippen LogP contribution in [0.25, 0.3) is 17.0 Å². The van der Waals surface area contributed by atoms with Gasteiger partial charge in [0.15, 0.2) is 5.65 Å². The molecule has 0 saturated carbocycles. The van der Waals surface area contributed by atoms with E-state index in [1.54, 1.807) is 22.8 Å². The van der Waals surface area contributed by atoms with E-state index in [9.17, 15) is 4.79 Å². The Labute approximate surface area is 131 Å². The number of nitrogens with zero attached hydrogens (tertiary/aromatic N) is 4. The lowest BCUT2D eigenvalue weighted by atomic mass is 10.3. The molecule has 0 aliphatic heterocycles. The number of hydrogen-bond acceptors (Lipinski definition) is 4. The number of aromatic amines is 1. The minimum atomic E-state index is -0.296. The average molecular weight is 304 g/mol. The summed E-state index contributed by atoms with van der Waals surface area (Å²) in [6.07, 6.45) is 4.95. The van der Waals surface area contributed by atoms with Crippen LogP contribution in [0.3, 0.4) is 0 Å². The molecule has 7 heteroatoms. The molecule has 4 aromatic heterocycles. The standard InChI is InChI=1S/C16H12N6O/c23-15(11-4-2-8-17-10-11)20-16-19-14-7-1-6-13(22(14)21-16)12-5-3-9-18-12/h1-10,18H,(H,20,21,23). The maximum Gasteiger partial charge on any atom is 0.259 e. The molecule has 0 radical (unpaired) electrons. The average Bonchev–Trinajstić information content (AvgIpc) is 3.24. The molecule has 4 heterocycles. The Hall–Kier alpha value is -3.48. The molecule has 112 valence electrons. The predicted octanol–water partition coefficient (Wildman–Crippen LogP) is 2.37.